The van der Waals surface area contributed by atoms with E-state index in [2.05, 4.69) is 14.8 Å². The molecule has 2 heterocycles. The number of rotatable bonds is 5. The highest BCUT2D eigenvalue weighted by Gasteiger charge is 2.43. The van der Waals surface area contributed by atoms with Crippen LogP contribution >= 0.6 is 34.7 Å². The summed E-state index contributed by atoms with van der Waals surface area (Å²) in [4.78, 5) is 12.9. The summed E-state index contributed by atoms with van der Waals surface area (Å²) in [5.74, 6) is 0.520. The van der Waals surface area contributed by atoms with Gasteiger partial charge < -0.3 is 14.8 Å². The lowest BCUT2D eigenvalue weighted by molar-refractivity contribution is -0.286. The molecule has 1 aromatic heterocycles. The molecule has 1 N–H and O–H groups in total. The Hall–Kier alpha value is -1.51. The van der Waals surface area contributed by atoms with Crippen LogP contribution in [0.2, 0.25) is 4.34 Å². The first-order valence-corrected chi connectivity index (χ1v) is 8.78. The highest BCUT2D eigenvalue weighted by molar-refractivity contribution is 7.99. The minimum Gasteiger partial charge on any atom is -0.395 e. The minimum atomic E-state index is -3.66. The number of alkyl halides is 2. The van der Waals surface area contributed by atoms with Crippen LogP contribution in [0.15, 0.2) is 30.3 Å². The molecule has 4 nitrogen and oxygen atoms in total. The van der Waals surface area contributed by atoms with Gasteiger partial charge in [0.25, 0.3) is 0 Å². The van der Waals surface area contributed by atoms with E-state index in [-0.39, 0.29) is 23.2 Å². The van der Waals surface area contributed by atoms with Crippen LogP contribution < -0.4 is 14.8 Å². The number of benzene rings is 1. The van der Waals surface area contributed by atoms with Crippen molar-refractivity contribution in [3.8, 4) is 11.5 Å². The number of carbonyl (C=O) groups excluding carboxylic acids is 1. The predicted octanol–water partition coefficient (Wildman–Crippen LogP) is 4.59. The summed E-state index contributed by atoms with van der Waals surface area (Å²) >= 11 is 8.73. The second kappa shape index (κ2) is 6.54. The van der Waals surface area contributed by atoms with E-state index in [4.69, 9.17) is 11.6 Å². The molecular formula is C14H10ClF2NO3S2. The number of fused-ring (bicyclic) bond motifs is 1. The number of hydrogen-bond acceptors (Lipinski definition) is 5. The summed E-state index contributed by atoms with van der Waals surface area (Å²) in [6.45, 7) is 0. The fraction of sp³-hybridized carbons (Fsp3) is 0.214. The van der Waals surface area contributed by atoms with E-state index in [1.807, 2.05) is 12.1 Å². The molecule has 0 aliphatic carbocycles. The zero-order valence-electron chi connectivity index (χ0n) is 11.5. The molecule has 1 aliphatic rings. The zero-order valence-corrected chi connectivity index (χ0v) is 13.9. The summed E-state index contributed by atoms with van der Waals surface area (Å²) in [6.07, 6.45) is -3.66. The lowest BCUT2D eigenvalue weighted by Gasteiger charge is -2.05. The van der Waals surface area contributed by atoms with Crippen LogP contribution in [0.4, 0.5) is 14.5 Å². The van der Waals surface area contributed by atoms with E-state index >= 15 is 0 Å². The number of thioether (sulfide) groups is 1. The van der Waals surface area contributed by atoms with Gasteiger partial charge in [-0.3, -0.25) is 4.79 Å². The van der Waals surface area contributed by atoms with Gasteiger partial charge >= 0.3 is 6.29 Å². The van der Waals surface area contributed by atoms with Crippen molar-refractivity contribution in [2.45, 2.75) is 12.0 Å². The normalized spacial score (nSPS) is 14.7. The van der Waals surface area contributed by atoms with Crippen molar-refractivity contribution in [1.82, 2.24) is 0 Å². The molecule has 0 atom stereocenters. The largest absolute Gasteiger partial charge is 0.586 e. The van der Waals surface area contributed by atoms with Gasteiger partial charge in [-0.2, -0.15) is 0 Å². The summed E-state index contributed by atoms with van der Waals surface area (Å²) in [5.41, 5.74) is 0.370. The van der Waals surface area contributed by atoms with Gasteiger partial charge in [0, 0.05) is 22.4 Å². The number of ether oxygens (including phenoxy) is 2. The molecule has 1 aromatic carbocycles. The van der Waals surface area contributed by atoms with E-state index in [0.717, 1.165) is 4.88 Å². The number of amides is 1. The maximum absolute atomic E-state index is 12.9. The summed E-state index contributed by atoms with van der Waals surface area (Å²) in [7, 11) is 0. The number of hydrogen-bond donors (Lipinski definition) is 1. The molecular weight excluding hydrogens is 368 g/mol. The number of anilines is 1. The molecule has 0 fully saturated rings. The third-order valence-corrected chi connectivity index (χ3v) is 5.19. The fourth-order valence-electron chi connectivity index (χ4n) is 1.90. The Kier molecular flexibility index (Phi) is 4.65. The Morgan fingerprint density at radius 1 is 1.26 bits per heavy atom. The second-order valence-electron chi connectivity index (χ2n) is 4.58. The van der Waals surface area contributed by atoms with E-state index in [9.17, 15) is 13.6 Å². The van der Waals surface area contributed by atoms with Crippen molar-refractivity contribution in [2.24, 2.45) is 0 Å². The molecule has 0 saturated carbocycles. The molecule has 0 radical (unpaired) electrons. The van der Waals surface area contributed by atoms with Crippen LogP contribution in [-0.2, 0) is 10.5 Å². The Morgan fingerprint density at radius 3 is 2.78 bits per heavy atom. The van der Waals surface area contributed by atoms with Crippen molar-refractivity contribution in [3.63, 3.8) is 0 Å². The van der Waals surface area contributed by atoms with Crippen LogP contribution in [0.1, 0.15) is 4.88 Å². The SMILES string of the molecule is O=C(CSCc1ccc(Cl)s1)Nc1ccc2c(c1)OC(F)(F)O2. The maximum atomic E-state index is 12.9. The van der Waals surface area contributed by atoms with Crippen LogP contribution in [0.3, 0.4) is 0 Å². The molecule has 0 bridgehead atoms. The molecule has 0 saturated heterocycles. The molecule has 1 aliphatic heterocycles. The monoisotopic (exact) mass is 377 g/mol. The maximum Gasteiger partial charge on any atom is 0.586 e. The van der Waals surface area contributed by atoms with Gasteiger partial charge in [0.1, 0.15) is 0 Å². The van der Waals surface area contributed by atoms with Gasteiger partial charge in [-0.25, -0.2) is 0 Å². The average molecular weight is 378 g/mol. The minimum absolute atomic E-state index is 0.0584. The Balaban J connectivity index is 1.51. The highest BCUT2D eigenvalue weighted by atomic mass is 35.5. The van der Waals surface area contributed by atoms with Crippen LogP contribution in [0.5, 0.6) is 11.5 Å². The second-order valence-corrected chi connectivity index (χ2v) is 7.36. The molecule has 2 aromatic rings. The fourth-order valence-corrected chi connectivity index (χ4v) is 3.92. The quantitative estimate of drug-likeness (QED) is 0.827. The number of thiophene rings is 1. The average Bonchev–Trinajstić information content (AvgIpc) is 2.99. The van der Waals surface area contributed by atoms with Crippen LogP contribution in [0.25, 0.3) is 0 Å². The van der Waals surface area contributed by atoms with Gasteiger partial charge in [0.05, 0.1) is 10.1 Å². The first-order chi connectivity index (χ1) is 10.9. The molecule has 9 heteroatoms. The lowest BCUT2D eigenvalue weighted by atomic mass is 10.3. The topological polar surface area (TPSA) is 47.6 Å². The van der Waals surface area contributed by atoms with Crippen molar-refractivity contribution < 1.29 is 23.0 Å². The Morgan fingerprint density at radius 2 is 2.04 bits per heavy atom. The molecule has 3 rings (SSSR count). The van der Waals surface area contributed by atoms with Gasteiger partial charge in [0.2, 0.25) is 5.91 Å². The number of halogens is 3. The van der Waals surface area contributed by atoms with E-state index in [1.54, 1.807) is 0 Å². The Labute approximate surface area is 143 Å². The summed E-state index contributed by atoms with van der Waals surface area (Å²) in [6, 6.07) is 7.83. The van der Waals surface area contributed by atoms with Gasteiger partial charge in [-0.15, -0.1) is 31.9 Å². The number of nitrogens with one attached hydrogen (secondary N) is 1. The summed E-state index contributed by atoms with van der Waals surface area (Å²) < 4.78 is 35.2. The summed E-state index contributed by atoms with van der Waals surface area (Å²) in [5, 5.41) is 2.63. The molecule has 1 amide bonds. The third kappa shape index (κ3) is 4.27. The molecule has 0 unspecified atom stereocenters. The molecule has 122 valence electrons. The van der Waals surface area contributed by atoms with Crippen molar-refractivity contribution in [2.75, 3.05) is 11.1 Å². The van der Waals surface area contributed by atoms with Crippen LogP contribution in [0, 0.1) is 0 Å². The third-order valence-electron chi connectivity index (χ3n) is 2.79. The van der Waals surface area contributed by atoms with E-state index < -0.39 is 6.29 Å². The van der Waals surface area contributed by atoms with Gasteiger partial charge in [-0.05, 0) is 24.3 Å². The van der Waals surface area contributed by atoms with Crippen LogP contribution in [-0.4, -0.2) is 18.0 Å². The van der Waals surface area contributed by atoms with E-state index in [1.165, 1.54) is 41.3 Å². The molecule has 23 heavy (non-hydrogen) atoms. The molecule has 0 spiro atoms. The first kappa shape index (κ1) is 16.4. The van der Waals surface area contributed by atoms with Crippen molar-refractivity contribution in [3.05, 3.63) is 39.5 Å². The Bertz CT molecular complexity index is 739. The van der Waals surface area contributed by atoms with Crippen molar-refractivity contribution >= 4 is 46.3 Å². The predicted molar refractivity (Wildman–Crippen MR) is 86.8 cm³/mol. The first-order valence-electron chi connectivity index (χ1n) is 6.43. The van der Waals surface area contributed by atoms with E-state index in [0.29, 0.717) is 15.8 Å². The van der Waals surface area contributed by atoms with Gasteiger partial charge in [-0.1, -0.05) is 11.6 Å². The number of carbonyl (C=O) groups is 1. The zero-order chi connectivity index (χ0) is 16.4. The van der Waals surface area contributed by atoms with Crippen molar-refractivity contribution in [1.29, 1.82) is 0 Å². The highest BCUT2D eigenvalue weighted by Crippen LogP contribution is 2.42. The standard InChI is InChI=1S/C14H10ClF2NO3S2/c15-12-4-2-9(23-12)6-22-7-13(19)18-8-1-3-10-11(5-8)21-14(16,17)20-10/h1-5H,6-7H2,(H,18,19). The lowest BCUT2D eigenvalue weighted by Crippen LogP contribution is -2.25. The van der Waals surface area contributed by atoms with Gasteiger partial charge in [0.15, 0.2) is 11.5 Å². The smallest absolute Gasteiger partial charge is 0.395 e.